The largest absolute Gasteiger partial charge is 0.389 e. The van der Waals surface area contributed by atoms with Crippen molar-refractivity contribution in [1.82, 2.24) is 0 Å². The maximum atomic E-state index is 11.5. The lowest BCUT2D eigenvalue weighted by Crippen LogP contribution is -2.07. The van der Waals surface area contributed by atoms with Crippen molar-refractivity contribution >= 4 is 11.6 Å². The third kappa shape index (κ3) is 8.08. The highest BCUT2D eigenvalue weighted by atomic mass is 35.5. The van der Waals surface area contributed by atoms with Crippen LogP contribution in [0.5, 0.6) is 0 Å². The van der Waals surface area contributed by atoms with Gasteiger partial charge in [0.2, 0.25) is 0 Å². The number of rotatable bonds is 3. The van der Waals surface area contributed by atoms with Gasteiger partial charge >= 0.3 is 6.18 Å². The summed E-state index contributed by atoms with van der Waals surface area (Å²) in [5, 5.41) is -0.151. The van der Waals surface area contributed by atoms with Crippen molar-refractivity contribution in [3.05, 3.63) is 0 Å². The molecule has 1 atom stereocenters. The minimum absolute atomic E-state index is 0.133. The Morgan fingerprint density at radius 2 is 1.90 bits per heavy atom. The van der Waals surface area contributed by atoms with Gasteiger partial charge < -0.3 is 0 Å². The molecule has 0 radical (unpaired) electrons. The molecule has 0 aliphatic rings. The minimum Gasteiger partial charge on any atom is -0.171 e. The molecule has 0 saturated carbocycles. The van der Waals surface area contributed by atoms with Crippen molar-refractivity contribution in [2.24, 2.45) is 0 Å². The number of alkyl halides is 4. The summed E-state index contributed by atoms with van der Waals surface area (Å²) >= 11 is 5.44. The molecule has 0 heterocycles. The van der Waals surface area contributed by atoms with Crippen molar-refractivity contribution < 1.29 is 13.2 Å². The molecule has 0 aromatic heterocycles. The van der Waals surface area contributed by atoms with Crippen LogP contribution in [-0.4, -0.2) is 11.6 Å². The second-order valence-electron chi connectivity index (χ2n) is 2.29. The number of hydrogen-bond donors (Lipinski definition) is 0. The van der Waals surface area contributed by atoms with Gasteiger partial charge in [-0.2, -0.15) is 13.2 Å². The standard InChI is InChI=1S/C6H10ClF3/c1-5(7)3-2-4-6(8,9)10/h5H,2-4H2,1H3. The number of halogens is 4. The van der Waals surface area contributed by atoms with Crippen LogP contribution < -0.4 is 0 Å². The molecule has 0 amide bonds. The Hall–Kier alpha value is 0.0800. The van der Waals surface area contributed by atoms with Crippen LogP contribution in [0.3, 0.4) is 0 Å². The lowest BCUT2D eigenvalue weighted by Gasteiger charge is -2.05. The summed E-state index contributed by atoms with van der Waals surface area (Å²) in [5.74, 6) is 0. The summed E-state index contributed by atoms with van der Waals surface area (Å²) in [7, 11) is 0. The van der Waals surface area contributed by atoms with Crippen LogP contribution >= 0.6 is 11.6 Å². The molecule has 10 heavy (non-hydrogen) atoms. The van der Waals surface area contributed by atoms with E-state index >= 15 is 0 Å². The Morgan fingerprint density at radius 1 is 1.40 bits per heavy atom. The fourth-order valence-corrected chi connectivity index (χ4v) is 0.738. The van der Waals surface area contributed by atoms with Gasteiger partial charge in [0.1, 0.15) is 0 Å². The van der Waals surface area contributed by atoms with Crippen molar-refractivity contribution in [3.63, 3.8) is 0 Å². The van der Waals surface area contributed by atoms with Crippen molar-refractivity contribution in [2.45, 2.75) is 37.7 Å². The topological polar surface area (TPSA) is 0 Å². The van der Waals surface area contributed by atoms with Crippen LogP contribution in [0.15, 0.2) is 0 Å². The fourth-order valence-electron chi connectivity index (χ4n) is 0.584. The fraction of sp³-hybridized carbons (Fsp3) is 1.00. The molecule has 0 fully saturated rings. The first-order valence-electron chi connectivity index (χ1n) is 3.12. The molecule has 0 spiro atoms. The monoisotopic (exact) mass is 174 g/mol. The van der Waals surface area contributed by atoms with E-state index in [0.29, 0.717) is 6.42 Å². The SMILES string of the molecule is CC(Cl)CCCC(F)(F)F. The summed E-state index contributed by atoms with van der Waals surface area (Å²) < 4.78 is 34.4. The van der Waals surface area contributed by atoms with E-state index < -0.39 is 12.6 Å². The molecule has 0 saturated heterocycles. The molecule has 0 aromatic carbocycles. The van der Waals surface area contributed by atoms with Crippen molar-refractivity contribution in [1.29, 1.82) is 0 Å². The van der Waals surface area contributed by atoms with Crippen molar-refractivity contribution in [2.75, 3.05) is 0 Å². The van der Waals surface area contributed by atoms with E-state index in [1.165, 1.54) is 0 Å². The molecule has 0 aliphatic heterocycles. The highest BCUT2D eigenvalue weighted by molar-refractivity contribution is 6.20. The lowest BCUT2D eigenvalue weighted by atomic mass is 10.2. The molecule has 0 nitrogen and oxygen atoms in total. The molecular weight excluding hydrogens is 165 g/mol. The Morgan fingerprint density at radius 3 is 2.20 bits per heavy atom. The Labute approximate surface area is 63.4 Å². The molecule has 0 rings (SSSR count). The van der Waals surface area contributed by atoms with E-state index in [-0.39, 0.29) is 11.8 Å². The highest BCUT2D eigenvalue weighted by Crippen LogP contribution is 2.23. The average Bonchev–Trinajstić information content (AvgIpc) is 1.59. The predicted octanol–water partition coefficient (Wildman–Crippen LogP) is 3.35. The first-order valence-corrected chi connectivity index (χ1v) is 3.56. The first-order chi connectivity index (χ1) is 4.42. The number of hydrogen-bond acceptors (Lipinski definition) is 0. The summed E-state index contributed by atoms with van der Waals surface area (Å²) in [5.41, 5.74) is 0. The van der Waals surface area contributed by atoms with Gasteiger partial charge in [-0.3, -0.25) is 0 Å². The Balaban J connectivity index is 3.21. The van der Waals surface area contributed by atoms with Gasteiger partial charge in [0, 0.05) is 11.8 Å². The maximum Gasteiger partial charge on any atom is 0.389 e. The van der Waals surface area contributed by atoms with Gasteiger partial charge in [0.15, 0.2) is 0 Å². The third-order valence-corrected chi connectivity index (χ3v) is 1.28. The van der Waals surface area contributed by atoms with E-state index in [1.807, 2.05) is 0 Å². The average molecular weight is 175 g/mol. The smallest absolute Gasteiger partial charge is 0.171 e. The van der Waals surface area contributed by atoms with Gasteiger partial charge in [-0.05, 0) is 19.8 Å². The van der Waals surface area contributed by atoms with Crippen LogP contribution in [0.25, 0.3) is 0 Å². The summed E-state index contributed by atoms with van der Waals surface area (Å²) in [6, 6.07) is 0. The van der Waals surface area contributed by atoms with E-state index in [9.17, 15) is 13.2 Å². The quantitative estimate of drug-likeness (QED) is 0.576. The first kappa shape index (κ1) is 10.1. The van der Waals surface area contributed by atoms with Crippen LogP contribution in [-0.2, 0) is 0 Å². The normalized spacial score (nSPS) is 15.3. The second kappa shape index (κ2) is 4.06. The van der Waals surface area contributed by atoms with Crippen molar-refractivity contribution in [3.8, 4) is 0 Å². The lowest BCUT2D eigenvalue weighted by molar-refractivity contribution is -0.135. The Bertz CT molecular complexity index is 87.5. The van der Waals surface area contributed by atoms with E-state index in [0.717, 1.165) is 0 Å². The second-order valence-corrected chi connectivity index (χ2v) is 3.03. The molecule has 62 valence electrons. The molecule has 0 bridgehead atoms. The van der Waals surface area contributed by atoms with Gasteiger partial charge in [-0.25, -0.2) is 0 Å². The molecule has 0 aromatic rings. The maximum absolute atomic E-state index is 11.5. The summed E-state index contributed by atoms with van der Waals surface area (Å²) in [4.78, 5) is 0. The van der Waals surface area contributed by atoms with Crippen LogP contribution in [0.1, 0.15) is 26.2 Å². The highest BCUT2D eigenvalue weighted by Gasteiger charge is 2.25. The van der Waals surface area contributed by atoms with Gasteiger partial charge in [-0.15, -0.1) is 11.6 Å². The van der Waals surface area contributed by atoms with Crippen LogP contribution in [0.4, 0.5) is 13.2 Å². The van der Waals surface area contributed by atoms with Gasteiger partial charge in [-0.1, -0.05) is 0 Å². The zero-order valence-electron chi connectivity index (χ0n) is 5.71. The molecule has 0 N–H and O–H groups in total. The zero-order chi connectivity index (χ0) is 8.20. The van der Waals surface area contributed by atoms with E-state index in [2.05, 4.69) is 0 Å². The molecule has 4 heteroatoms. The molecule has 0 aliphatic carbocycles. The summed E-state index contributed by atoms with van der Waals surface area (Å²) in [6.07, 6.45) is -4.18. The summed E-state index contributed by atoms with van der Waals surface area (Å²) in [6.45, 7) is 1.69. The van der Waals surface area contributed by atoms with Crippen LogP contribution in [0.2, 0.25) is 0 Å². The third-order valence-electron chi connectivity index (χ3n) is 1.06. The minimum atomic E-state index is -4.02. The van der Waals surface area contributed by atoms with Gasteiger partial charge in [0.25, 0.3) is 0 Å². The predicted molar refractivity (Wildman–Crippen MR) is 35.2 cm³/mol. The van der Waals surface area contributed by atoms with E-state index in [1.54, 1.807) is 6.92 Å². The van der Waals surface area contributed by atoms with Crippen LogP contribution in [0, 0.1) is 0 Å². The van der Waals surface area contributed by atoms with E-state index in [4.69, 9.17) is 11.6 Å². The zero-order valence-corrected chi connectivity index (χ0v) is 6.47. The Kier molecular flexibility index (Phi) is 4.09. The van der Waals surface area contributed by atoms with Gasteiger partial charge in [0.05, 0.1) is 0 Å². The molecule has 1 unspecified atom stereocenters. The molecular formula is C6H10ClF3.